The maximum atomic E-state index is 13.4. The van der Waals surface area contributed by atoms with E-state index in [9.17, 15) is 14.0 Å². The van der Waals surface area contributed by atoms with Crippen LogP contribution in [0.5, 0.6) is 0 Å². The molecule has 0 saturated carbocycles. The Hall–Kier alpha value is -4.20. The van der Waals surface area contributed by atoms with Gasteiger partial charge >= 0.3 is 0 Å². The van der Waals surface area contributed by atoms with Crippen LogP contribution >= 0.6 is 0 Å². The van der Waals surface area contributed by atoms with Crippen molar-refractivity contribution in [1.29, 1.82) is 0 Å². The van der Waals surface area contributed by atoms with Crippen molar-refractivity contribution in [3.8, 4) is 11.5 Å². The second kappa shape index (κ2) is 8.89. The molecule has 4 aromatic rings. The Kier molecular flexibility index (Phi) is 5.85. The molecule has 0 fully saturated rings. The molecule has 2 amide bonds. The second-order valence-corrected chi connectivity index (χ2v) is 7.30. The van der Waals surface area contributed by atoms with E-state index in [0.717, 1.165) is 5.56 Å². The lowest BCUT2D eigenvalue weighted by Crippen LogP contribution is -2.27. The molecule has 2 heterocycles. The summed E-state index contributed by atoms with van der Waals surface area (Å²) < 4.78 is 16.8. The van der Waals surface area contributed by atoms with Gasteiger partial charge in [0.05, 0.1) is 11.9 Å². The summed E-state index contributed by atoms with van der Waals surface area (Å²) in [4.78, 5) is 26.6. The van der Waals surface area contributed by atoms with Gasteiger partial charge < -0.3 is 14.8 Å². The quantitative estimate of drug-likeness (QED) is 0.508. The van der Waals surface area contributed by atoms with E-state index in [1.807, 2.05) is 36.7 Å². The number of carbonyl (C=O) groups excluding carboxylic acids is 2. The van der Waals surface area contributed by atoms with Crippen LogP contribution in [0.25, 0.3) is 11.5 Å². The van der Waals surface area contributed by atoms with Gasteiger partial charge in [-0.15, -0.1) is 0 Å². The van der Waals surface area contributed by atoms with Gasteiger partial charge in [0.25, 0.3) is 11.8 Å². The number of hydrogen-bond acceptors (Lipinski definition) is 3. The molecule has 0 spiro atoms. The maximum absolute atomic E-state index is 13.4. The number of halogens is 1. The first-order valence-electron chi connectivity index (χ1n) is 10.0. The molecular weight excluding hydrogens is 409 g/mol. The number of aromatic nitrogens is 3. The van der Waals surface area contributed by atoms with E-state index in [1.54, 1.807) is 52.5 Å². The lowest BCUT2D eigenvalue weighted by atomic mass is 10.1. The Labute approximate surface area is 184 Å². The Bertz CT molecular complexity index is 1230. The average Bonchev–Trinajstić information content (AvgIpc) is 3.49. The lowest BCUT2D eigenvalue weighted by molar-refractivity contribution is 0.0784. The van der Waals surface area contributed by atoms with Crippen LogP contribution in [0.4, 0.5) is 4.39 Å². The number of hydrogen-bond donors (Lipinski definition) is 1. The van der Waals surface area contributed by atoms with Gasteiger partial charge in [0, 0.05) is 38.6 Å². The minimum Gasteiger partial charge on any atom is -0.355 e. The minimum atomic E-state index is -0.345. The second-order valence-electron chi connectivity index (χ2n) is 7.30. The van der Waals surface area contributed by atoms with Crippen molar-refractivity contribution in [2.75, 3.05) is 14.1 Å². The van der Waals surface area contributed by atoms with Crippen molar-refractivity contribution in [1.82, 2.24) is 24.6 Å². The van der Waals surface area contributed by atoms with Crippen LogP contribution in [0, 0.1) is 5.82 Å². The highest BCUT2D eigenvalue weighted by Crippen LogP contribution is 2.22. The molecular formula is C24H22FN5O2. The SMILES string of the molecule is CNC(=O)c1ccc(CN(C)C(=O)c2cnn(-c3ccc(F)cc3)c2-n2cccc2)cc1. The fraction of sp³-hybridized carbons (Fsp3) is 0.125. The van der Waals surface area contributed by atoms with Crippen molar-refractivity contribution in [3.05, 3.63) is 102 Å². The van der Waals surface area contributed by atoms with Crippen LogP contribution in [0.2, 0.25) is 0 Å². The molecule has 0 aliphatic rings. The predicted molar refractivity (Wildman–Crippen MR) is 118 cm³/mol. The number of amides is 2. The van der Waals surface area contributed by atoms with Gasteiger partial charge in [-0.25, -0.2) is 9.07 Å². The zero-order chi connectivity index (χ0) is 22.7. The van der Waals surface area contributed by atoms with Gasteiger partial charge in [-0.05, 0) is 54.1 Å². The summed E-state index contributed by atoms with van der Waals surface area (Å²) in [5.41, 5.74) is 2.50. The summed E-state index contributed by atoms with van der Waals surface area (Å²) in [6, 6.07) is 16.7. The van der Waals surface area contributed by atoms with Gasteiger partial charge in [-0.1, -0.05) is 12.1 Å². The van der Waals surface area contributed by atoms with Crippen molar-refractivity contribution >= 4 is 11.8 Å². The van der Waals surface area contributed by atoms with Crippen molar-refractivity contribution in [2.24, 2.45) is 0 Å². The standard InChI is InChI=1S/C24H22FN5O2/c1-26-22(31)18-7-5-17(6-8-18)16-28(2)24(32)21-15-27-30(20-11-9-19(25)10-12-20)23(21)29-13-3-4-14-29/h3-15H,16H2,1-2H3,(H,26,31). The monoisotopic (exact) mass is 431 g/mol. The maximum Gasteiger partial charge on any atom is 0.259 e. The van der Waals surface area contributed by atoms with E-state index in [4.69, 9.17) is 0 Å². The summed E-state index contributed by atoms with van der Waals surface area (Å²) in [5, 5.41) is 6.99. The van der Waals surface area contributed by atoms with Crippen molar-refractivity contribution in [3.63, 3.8) is 0 Å². The number of nitrogens with one attached hydrogen (secondary N) is 1. The Morgan fingerprint density at radius 3 is 2.31 bits per heavy atom. The van der Waals surface area contributed by atoms with Crippen LogP contribution in [0.3, 0.4) is 0 Å². The highest BCUT2D eigenvalue weighted by atomic mass is 19.1. The number of benzene rings is 2. The van der Waals surface area contributed by atoms with E-state index in [1.165, 1.54) is 18.3 Å². The van der Waals surface area contributed by atoms with E-state index in [2.05, 4.69) is 10.4 Å². The van der Waals surface area contributed by atoms with Gasteiger partial charge in [0.1, 0.15) is 11.4 Å². The smallest absolute Gasteiger partial charge is 0.259 e. The van der Waals surface area contributed by atoms with Crippen molar-refractivity contribution in [2.45, 2.75) is 6.54 Å². The Balaban J connectivity index is 1.63. The van der Waals surface area contributed by atoms with Gasteiger partial charge in [-0.2, -0.15) is 5.10 Å². The van der Waals surface area contributed by atoms with E-state index < -0.39 is 0 Å². The third-order valence-corrected chi connectivity index (χ3v) is 5.10. The van der Waals surface area contributed by atoms with Crippen molar-refractivity contribution < 1.29 is 14.0 Å². The van der Waals surface area contributed by atoms with Crippen LogP contribution in [-0.2, 0) is 6.54 Å². The molecule has 0 radical (unpaired) electrons. The van der Waals surface area contributed by atoms with Gasteiger partial charge in [-0.3, -0.25) is 9.59 Å². The summed E-state index contributed by atoms with van der Waals surface area (Å²) in [7, 11) is 3.29. The molecule has 0 atom stereocenters. The summed E-state index contributed by atoms with van der Waals surface area (Å²) in [6.07, 6.45) is 5.17. The molecule has 0 aliphatic heterocycles. The first-order chi connectivity index (χ1) is 15.5. The molecule has 2 aromatic heterocycles. The van der Waals surface area contributed by atoms with Gasteiger partial charge in [0.15, 0.2) is 5.82 Å². The number of rotatable bonds is 6. The molecule has 4 rings (SSSR count). The van der Waals surface area contributed by atoms with E-state index >= 15 is 0 Å². The van der Waals surface area contributed by atoms with E-state index in [0.29, 0.717) is 29.2 Å². The average molecular weight is 431 g/mol. The highest BCUT2D eigenvalue weighted by molar-refractivity contribution is 5.97. The highest BCUT2D eigenvalue weighted by Gasteiger charge is 2.23. The lowest BCUT2D eigenvalue weighted by Gasteiger charge is -2.18. The van der Waals surface area contributed by atoms with Gasteiger partial charge in [0.2, 0.25) is 0 Å². The summed E-state index contributed by atoms with van der Waals surface area (Å²) >= 11 is 0. The first kappa shape index (κ1) is 21.0. The Morgan fingerprint density at radius 1 is 1.03 bits per heavy atom. The molecule has 1 N–H and O–H groups in total. The predicted octanol–water partition coefficient (Wildman–Crippen LogP) is 3.43. The third-order valence-electron chi connectivity index (χ3n) is 5.10. The number of nitrogens with zero attached hydrogens (tertiary/aromatic N) is 4. The number of carbonyl (C=O) groups is 2. The van der Waals surface area contributed by atoms with Crippen LogP contribution < -0.4 is 5.32 Å². The molecule has 32 heavy (non-hydrogen) atoms. The summed E-state index contributed by atoms with van der Waals surface area (Å²) in [6.45, 7) is 0.361. The fourth-order valence-electron chi connectivity index (χ4n) is 3.45. The fourth-order valence-corrected chi connectivity index (χ4v) is 3.45. The molecule has 162 valence electrons. The topological polar surface area (TPSA) is 72.2 Å². The van der Waals surface area contributed by atoms with Crippen LogP contribution in [-0.4, -0.2) is 45.2 Å². The summed E-state index contributed by atoms with van der Waals surface area (Å²) in [5.74, 6) is -0.154. The molecule has 0 unspecified atom stereocenters. The molecule has 8 heteroatoms. The molecule has 0 saturated heterocycles. The van der Waals surface area contributed by atoms with E-state index in [-0.39, 0.29) is 17.6 Å². The zero-order valence-corrected chi connectivity index (χ0v) is 17.7. The largest absolute Gasteiger partial charge is 0.355 e. The molecule has 0 bridgehead atoms. The normalized spacial score (nSPS) is 10.7. The van der Waals surface area contributed by atoms with Crippen LogP contribution in [0.1, 0.15) is 26.3 Å². The molecule has 2 aromatic carbocycles. The first-order valence-corrected chi connectivity index (χ1v) is 10.0. The third kappa shape index (κ3) is 4.15. The molecule has 7 nitrogen and oxygen atoms in total. The minimum absolute atomic E-state index is 0.162. The zero-order valence-electron chi connectivity index (χ0n) is 17.7. The molecule has 0 aliphatic carbocycles. The Morgan fingerprint density at radius 2 is 1.69 bits per heavy atom. The van der Waals surface area contributed by atoms with Crippen LogP contribution in [0.15, 0.2) is 79.3 Å².